The van der Waals surface area contributed by atoms with E-state index >= 15 is 0 Å². The molecule has 2 aliphatic carbocycles. The van der Waals surface area contributed by atoms with E-state index in [0.717, 1.165) is 25.7 Å². The monoisotopic (exact) mass is 366 g/mol. The molecule has 2 unspecified atom stereocenters. The van der Waals surface area contributed by atoms with Gasteiger partial charge in [-0.3, -0.25) is 0 Å². The van der Waals surface area contributed by atoms with Crippen molar-refractivity contribution in [2.45, 2.75) is 96.3 Å². The summed E-state index contributed by atoms with van der Waals surface area (Å²) in [5.41, 5.74) is 1.16. The molecule has 0 saturated heterocycles. The molecular weight excluding hydrogens is 333 g/mol. The zero-order valence-corrected chi connectivity index (χ0v) is 16.1. The van der Waals surface area contributed by atoms with Crippen LogP contribution in [0.3, 0.4) is 0 Å². The van der Waals surface area contributed by atoms with Gasteiger partial charge in [0, 0.05) is 0 Å². The highest BCUT2D eigenvalue weighted by atomic mass is 19.2. The SMILES string of the molecule is CCCC1(CCC2CCCCC2c2cc(F)c(F)c(F)c2)CCCCC1. The Labute approximate surface area is 156 Å². The van der Waals surface area contributed by atoms with Crippen LogP contribution in [0.5, 0.6) is 0 Å². The first-order chi connectivity index (χ1) is 12.5. The lowest BCUT2D eigenvalue weighted by molar-refractivity contribution is 0.132. The molecule has 3 rings (SSSR count). The lowest BCUT2D eigenvalue weighted by atomic mass is 9.65. The fourth-order valence-corrected chi connectivity index (χ4v) is 5.73. The highest BCUT2D eigenvalue weighted by Crippen LogP contribution is 2.48. The lowest BCUT2D eigenvalue weighted by Crippen LogP contribution is -2.27. The fraction of sp³-hybridized carbons (Fsp3) is 0.739. The molecule has 0 amide bonds. The maximum absolute atomic E-state index is 13.7. The zero-order valence-electron chi connectivity index (χ0n) is 16.1. The van der Waals surface area contributed by atoms with Crippen LogP contribution in [0.4, 0.5) is 13.2 Å². The second-order valence-electron chi connectivity index (χ2n) is 8.80. The fourth-order valence-electron chi connectivity index (χ4n) is 5.73. The first kappa shape index (κ1) is 19.8. The molecule has 0 N–H and O–H groups in total. The molecule has 2 aliphatic rings. The molecule has 1 aromatic rings. The number of halogens is 3. The van der Waals surface area contributed by atoms with E-state index in [0.29, 0.717) is 16.9 Å². The Balaban J connectivity index is 1.72. The molecule has 2 atom stereocenters. The summed E-state index contributed by atoms with van der Waals surface area (Å²) in [4.78, 5) is 0. The van der Waals surface area contributed by atoms with Gasteiger partial charge < -0.3 is 0 Å². The Kier molecular flexibility index (Phi) is 6.69. The molecule has 3 heteroatoms. The van der Waals surface area contributed by atoms with Crippen molar-refractivity contribution < 1.29 is 13.2 Å². The van der Waals surface area contributed by atoms with Gasteiger partial charge >= 0.3 is 0 Å². The third-order valence-electron chi connectivity index (χ3n) is 7.08. The first-order valence-electron chi connectivity index (χ1n) is 10.7. The molecule has 0 aromatic heterocycles. The maximum Gasteiger partial charge on any atom is 0.194 e. The minimum Gasteiger partial charge on any atom is -0.204 e. The Morgan fingerprint density at radius 1 is 0.885 bits per heavy atom. The van der Waals surface area contributed by atoms with E-state index in [1.54, 1.807) is 0 Å². The smallest absolute Gasteiger partial charge is 0.194 e. The molecule has 0 heterocycles. The minimum absolute atomic E-state index is 0.176. The third-order valence-corrected chi connectivity index (χ3v) is 7.08. The van der Waals surface area contributed by atoms with Crippen LogP contribution in [-0.2, 0) is 0 Å². The number of rotatable bonds is 6. The van der Waals surface area contributed by atoms with Gasteiger partial charge in [0.15, 0.2) is 17.5 Å². The van der Waals surface area contributed by atoms with Crippen LogP contribution in [0.25, 0.3) is 0 Å². The Morgan fingerprint density at radius 2 is 1.54 bits per heavy atom. The van der Waals surface area contributed by atoms with E-state index in [-0.39, 0.29) is 5.92 Å². The second-order valence-corrected chi connectivity index (χ2v) is 8.80. The van der Waals surface area contributed by atoms with Crippen molar-refractivity contribution in [3.63, 3.8) is 0 Å². The van der Waals surface area contributed by atoms with Crippen molar-refractivity contribution in [3.05, 3.63) is 35.1 Å². The molecule has 2 saturated carbocycles. The van der Waals surface area contributed by atoms with Crippen LogP contribution in [0.15, 0.2) is 12.1 Å². The normalized spacial score (nSPS) is 26.0. The van der Waals surface area contributed by atoms with E-state index < -0.39 is 17.5 Å². The second kappa shape index (κ2) is 8.80. The van der Waals surface area contributed by atoms with Crippen LogP contribution >= 0.6 is 0 Å². The molecule has 0 bridgehead atoms. The number of hydrogen-bond acceptors (Lipinski definition) is 0. The topological polar surface area (TPSA) is 0 Å². The van der Waals surface area contributed by atoms with Gasteiger partial charge in [-0.1, -0.05) is 45.4 Å². The highest BCUT2D eigenvalue weighted by Gasteiger charge is 2.34. The van der Waals surface area contributed by atoms with Crippen LogP contribution in [-0.4, -0.2) is 0 Å². The molecule has 0 nitrogen and oxygen atoms in total. The van der Waals surface area contributed by atoms with Crippen LogP contribution < -0.4 is 0 Å². The number of benzene rings is 1. The van der Waals surface area contributed by atoms with Gasteiger partial charge in [0.25, 0.3) is 0 Å². The van der Waals surface area contributed by atoms with E-state index in [9.17, 15) is 13.2 Å². The average Bonchev–Trinajstić information content (AvgIpc) is 2.65. The van der Waals surface area contributed by atoms with Crippen molar-refractivity contribution >= 4 is 0 Å². The number of hydrogen-bond donors (Lipinski definition) is 0. The van der Waals surface area contributed by atoms with E-state index in [4.69, 9.17) is 0 Å². The summed E-state index contributed by atoms with van der Waals surface area (Å²) >= 11 is 0. The summed E-state index contributed by atoms with van der Waals surface area (Å²) in [6.07, 6.45) is 16.1. The van der Waals surface area contributed by atoms with Crippen molar-refractivity contribution in [2.75, 3.05) is 0 Å². The Morgan fingerprint density at radius 3 is 2.19 bits per heavy atom. The molecule has 0 aliphatic heterocycles. The van der Waals surface area contributed by atoms with Crippen LogP contribution in [0, 0.1) is 28.8 Å². The van der Waals surface area contributed by atoms with Crippen molar-refractivity contribution in [1.29, 1.82) is 0 Å². The molecule has 0 radical (unpaired) electrons. The van der Waals surface area contributed by atoms with E-state index in [2.05, 4.69) is 6.92 Å². The van der Waals surface area contributed by atoms with Crippen molar-refractivity contribution in [1.82, 2.24) is 0 Å². The van der Waals surface area contributed by atoms with Crippen molar-refractivity contribution in [3.8, 4) is 0 Å². The van der Waals surface area contributed by atoms with Gasteiger partial charge in [-0.15, -0.1) is 0 Å². The van der Waals surface area contributed by atoms with E-state index in [1.165, 1.54) is 69.9 Å². The summed E-state index contributed by atoms with van der Waals surface area (Å²) < 4.78 is 40.8. The standard InChI is InChI=1S/C23H33F3/c1-2-11-23(12-6-3-7-13-23)14-10-17-8-4-5-9-19(17)18-15-20(24)22(26)21(25)16-18/h15-17,19H,2-14H2,1H3. The quantitative estimate of drug-likeness (QED) is 0.449. The van der Waals surface area contributed by atoms with Gasteiger partial charge in [0.05, 0.1) is 0 Å². The molecule has 146 valence electrons. The summed E-state index contributed by atoms with van der Waals surface area (Å²) in [5, 5.41) is 0. The predicted molar refractivity (Wildman–Crippen MR) is 101 cm³/mol. The molecule has 2 fully saturated rings. The van der Waals surface area contributed by atoms with Gasteiger partial charge in [-0.05, 0) is 79.9 Å². The first-order valence-corrected chi connectivity index (χ1v) is 10.7. The highest BCUT2D eigenvalue weighted by molar-refractivity contribution is 5.24. The van der Waals surface area contributed by atoms with Crippen molar-refractivity contribution in [2.24, 2.45) is 11.3 Å². The van der Waals surface area contributed by atoms with Gasteiger partial charge in [-0.2, -0.15) is 0 Å². The summed E-state index contributed by atoms with van der Waals surface area (Å²) in [5.74, 6) is -2.78. The largest absolute Gasteiger partial charge is 0.204 e. The average molecular weight is 367 g/mol. The Hall–Kier alpha value is -0.990. The molecule has 26 heavy (non-hydrogen) atoms. The molecule has 0 spiro atoms. The summed E-state index contributed by atoms with van der Waals surface area (Å²) in [7, 11) is 0. The zero-order chi connectivity index (χ0) is 18.6. The molecular formula is C23H33F3. The summed E-state index contributed by atoms with van der Waals surface area (Å²) in [6.45, 7) is 2.28. The van der Waals surface area contributed by atoms with Crippen LogP contribution in [0.2, 0.25) is 0 Å². The van der Waals surface area contributed by atoms with Gasteiger partial charge in [0.2, 0.25) is 0 Å². The van der Waals surface area contributed by atoms with Gasteiger partial charge in [0.1, 0.15) is 0 Å². The third kappa shape index (κ3) is 4.46. The van der Waals surface area contributed by atoms with Gasteiger partial charge in [-0.25, -0.2) is 13.2 Å². The van der Waals surface area contributed by atoms with Crippen LogP contribution in [0.1, 0.15) is 102 Å². The minimum atomic E-state index is -1.34. The molecule has 1 aromatic carbocycles. The lowest BCUT2D eigenvalue weighted by Gasteiger charge is -2.40. The Bertz CT molecular complexity index is 561. The summed E-state index contributed by atoms with van der Waals surface area (Å²) in [6, 6.07) is 2.48. The predicted octanol–water partition coefficient (Wildman–Crippen LogP) is 7.91. The van der Waals surface area contributed by atoms with E-state index in [1.807, 2.05) is 0 Å². The maximum atomic E-state index is 13.7.